The number of hydrogen-bond acceptors (Lipinski definition) is 3. The maximum absolute atomic E-state index is 12.5. The third-order valence-corrected chi connectivity index (χ3v) is 4.63. The average molecular weight is 327 g/mol. The van der Waals surface area contributed by atoms with Gasteiger partial charge in [-0.05, 0) is 43.5 Å². The van der Waals surface area contributed by atoms with E-state index in [9.17, 15) is 4.79 Å². The summed E-state index contributed by atoms with van der Waals surface area (Å²) in [6.45, 7) is 3.55. The van der Waals surface area contributed by atoms with Crippen molar-refractivity contribution in [3.63, 3.8) is 0 Å². The molecule has 5 heteroatoms. The SMILES string of the molecule is Cc1cc(NC(=O)C2(CN)CCOCC2)ccc1Br. The van der Waals surface area contributed by atoms with E-state index in [2.05, 4.69) is 21.2 Å². The minimum Gasteiger partial charge on any atom is -0.381 e. The van der Waals surface area contributed by atoms with Crippen molar-refractivity contribution in [2.45, 2.75) is 19.8 Å². The van der Waals surface area contributed by atoms with Gasteiger partial charge in [-0.15, -0.1) is 0 Å². The molecule has 19 heavy (non-hydrogen) atoms. The van der Waals surface area contributed by atoms with Gasteiger partial charge in [-0.3, -0.25) is 4.79 Å². The average Bonchev–Trinajstić information content (AvgIpc) is 2.43. The number of aryl methyl sites for hydroxylation is 1. The van der Waals surface area contributed by atoms with Crippen LogP contribution in [0.3, 0.4) is 0 Å². The highest BCUT2D eigenvalue weighted by molar-refractivity contribution is 9.10. The van der Waals surface area contributed by atoms with E-state index in [0.29, 0.717) is 32.6 Å². The number of carbonyl (C=O) groups excluding carboxylic acids is 1. The van der Waals surface area contributed by atoms with Crippen molar-refractivity contribution >= 4 is 27.5 Å². The molecule has 1 aliphatic heterocycles. The number of halogens is 1. The monoisotopic (exact) mass is 326 g/mol. The summed E-state index contributed by atoms with van der Waals surface area (Å²) in [6, 6.07) is 5.77. The van der Waals surface area contributed by atoms with E-state index in [-0.39, 0.29) is 5.91 Å². The van der Waals surface area contributed by atoms with Gasteiger partial charge in [-0.25, -0.2) is 0 Å². The summed E-state index contributed by atoms with van der Waals surface area (Å²) in [5.41, 5.74) is 7.24. The molecule has 1 aromatic carbocycles. The van der Waals surface area contributed by atoms with E-state index in [1.165, 1.54) is 0 Å². The molecule has 4 nitrogen and oxygen atoms in total. The predicted octanol–water partition coefficient (Wildman–Crippen LogP) is 2.45. The van der Waals surface area contributed by atoms with E-state index in [1.807, 2.05) is 25.1 Å². The lowest BCUT2D eigenvalue weighted by Gasteiger charge is -2.34. The maximum Gasteiger partial charge on any atom is 0.232 e. The Hall–Kier alpha value is -0.910. The molecule has 0 saturated carbocycles. The zero-order valence-corrected chi connectivity index (χ0v) is 12.6. The van der Waals surface area contributed by atoms with Gasteiger partial charge in [0.1, 0.15) is 0 Å². The molecule has 1 heterocycles. The lowest BCUT2D eigenvalue weighted by molar-refractivity contribution is -0.130. The summed E-state index contributed by atoms with van der Waals surface area (Å²) in [5, 5.41) is 2.98. The molecule has 2 rings (SSSR count). The molecular formula is C14H19BrN2O2. The highest BCUT2D eigenvalue weighted by Gasteiger charge is 2.38. The number of nitrogens with two attached hydrogens (primary N) is 1. The van der Waals surface area contributed by atoms with E-state index >= 15 is 0 Å². The largest absolute Gasteiger partial charge is 0.381 e. The molecule has 0 bridgehead atoms. The van der Waals surface area contributed by atoms with Gasteiger partial charge in [-0.1, -0.05) is 15.9 Å². The molecular weight excluding hydrogens is 308 g/mol. The fourth-order valence-electron chi connectivity index (χ4n) is 2.27. The minimum absolute atomic E-state index is 0.0000208. The first-order chi connectivity index (χ1) is 9.07. The molecule has 0 aliphatic carbocycles. The molecule has 0 spiro atoms. The fourth-order valence-corrected chi connectivity index (χ4v) is 2.52. The summed E-state index contributed by atoms with van der Waals surface area (Å²) in [4.78, 5) is 12.5. The second kappa shape index (κ2) is 6.03. The summed E-state index contributed by atoms with van der Waals surface area (Å²) >= 11 is 3.45. The molecule has 0 unspecified atom stereocenters. The number of amides is 1. The first-order valence-corrected chi connectivity index (χ1v) is 7.22. The van der Waals surface area contributed by atoms with Crippen LogP contribution in [-0.4, -0.2) is 25.7 Å². The van der Waals surface area contributed by atoms with Crippen molar-refractivity contribution in [1.82, 2.24) is 0 Å². The first kappa shape index (κ1) is 14.5. The Bertz CT molecular complexity index is 471. The number of hydrogen-bond donors (Lipinski definition) is 2. The molecule has 0 radical (unpaired) electrons. The number of carbonyl (C=O) groups is 1. The Kier molecular flexibility index (Phi) is 4.60. The van der Waals surface area contributed by atoms with E-state index in [4.69, 9.17) is 10.5 Å². The normalized spacial score (nSPS) is 18.1. The van der Waals surface area contributed by atoms with Crippen molar-refractivity contribution < 1.29 is 9.53 Å². The number of ether oxygens (including phenoxy) is 1. The zero-order chi connectivity index (χ0) is 13.9. The van der Waals surface area contributed by atoms with Crippen LogP contribution in [-0.2, 0) is 9.53 Å². The fraction of sp³-hybridized carbons (Fsp3) is 0.500. The van der Waals surface area contributed by atoms with Crippen LogP contribution in [0.5, 0.6) is 0 Å². The summed E-state index contributed by atoms with van der Waals surface area (Å²) in [7, 11) is 0. The standard InChI is InChI=1S/C14H19BrN2O2/c1-10-8-11(2-3-12(10)15)17-13(18)14(9-16)4-6-19-7-5-14/h2-3,8H,4-7,9,16H2,1H3,(H,17,18). The molecule has 1 aliphatic rings. The van der Waals surface area contributed by atoms with Gasteiger partial charge in [0, 0.05) is 29.9 Å². The van der Waals surface area contributed by atoms with Crippen LogP contribution in [0.15, 0.2) is 22.7 Å². The van der Waals surface area contributed by atoms with Crippen molar-refractivity contribution in [3.05, 3.63) is 28.2 Å². The maximum atomic E-state index is 12.5. The predicted molar refractivity (Wildman–Crippen MR) is 79.0 cm³/mol. The summed E-state index contributed by atoms with van der Waals surface area (Å²) in [6.07, 6.45) is 1.37. The van der Waals surface area contributed by atoms with Crippen LogP contribution in [0.25, 0.3) is 0 Å². The van der Waals surface area contributed by atoms with Crippen LogP contribution >= 0.6 is 15.9 Å². The van der Waals surface area contributed by atoms with Gasteiger partial charge in [0.25, 0.3) is 0 Å². The molecule has 1 saturated heterocycles. The van der Waals surface area contributed by atoms with E-state index in [1.54, 1.807) is 0 Å². The lowest BCUT2D eigenvalue weighted by Crippen LogP contribution is -2.46. The summed E-state index contributed by atoms with van der Waals surface area (Å²) < 4.78 is 6.35. The molecule has 1 aromatic rings. The first-order valence-electron chi connectivity index (χ1n) is 6.43. The van der Waals surface area contributed by atoms with E-state index in [0.717, 1.165) is 15.7 Å². The van der Waals surface area contributed by atoms with Gasteiger partial charge in [-0.2, -0.15) is 0 Å². The smallest absolute Gasteiger partial charge is 0.232 e. The Morgan fingerprint density at radius 3 is 2.74 bits per heavy atom. The Morgan fingerprint density at radius 1 is 1.47 bits per heavy atom. The zero-order valence-electron chi connectivity index (χ0n) is 11.0. The van der Waals surface area contributed by atoms with Crippen molar-refractivity contribution in [2.24, 2.45) is 11.1 Å². The van der Waals surface area contributed by atoms with Gasteiger partial charge < -0.3 is 15.8 Å². The van der Waals surface area contributed by atoms with Crippen LogP contribution in [0.2, 0.25) is 0 Å². The van der Waals surface area contributed by atoms with Gasteiger partial charge in [0.15, 0.2) is 0 Å². The van der Waals surface area contributed by atoms with Crippen molar-refractivity contribution in [2.75, 3.05) is 25.1 Å². The quantitative estimate of drug-likeness (QED) is 0.896. The molecule has 104 valence electrons. The number of anilines is 1. The van der Waals surface area contributed by atoms with E-state index < -0.39 is 5.41 Å². The lowest BCUT2D eigenvalue weighted by atomic mass is 9.79. The number of rotatable bonds is 3. The second-order valence-corrected chi connectivity index (χ2v) is 5.87. The Morgan fingerprint density at radius 2 is 2.16 bits per heavy atom. The van der Waals surface area contributed by atoms with Gasteiger partial charge in [0.05, 0.1) is 5.41 Å². The highest BCUT2D eigenvalue weighted by atomic mass is 79.9. The third-order valence-electron chi connectivity index (χ3n) is 3.74. The third kappa shape index (κ3) is 3.16. The van der Waals surface area contributed by atoms with Crippen LogP contribution in [0.4, 0.5) is 5.69 Å². The highest BCUT2D eigenvalue weighted by Crippen LogP contribution is 2.31. The topological polar surface area (TPSA) is 64.4 Å². The summed E-state index contributed by atoms with van der Waals surface area (Å²) in [5.74, 6) is 0.0000208. The molecule has 0 aromatic heterocycles. The van der Waals surface area contributed by atoms with Gasteiger partial charge in [0.2, 0.25) is 5.91 Å². The molecule has 1 amide bonds. The number of nitrogens with one attached hydrogen (secondary N) is 1. The van der Waals surface area contributed by atoms with Crippen molar-refractivity contribution in [1.29, 1.82) is 0 Å². The number of benzene rings is 1. The molecule has 0 atom stereocenters. The molecule has 3 N–H and O–H groups in total. The second-order valence-electron chi connectivity index (χ2n) is 5.01. The van der Waals surface area contributed by atoms with Crippen LogP contribution < -0.4 is 11.1 Å². The molecule has 1 fully saturated rings. The van der Waals surface area contributed by atoms with Crippen molar-refractivity contribution in [3.8, 4) is 0 Å². The minimum atomic E-state index is -0.487. The Labute approximate surface area is 121 Å². The van der Waals surface area contributed by atoms with Crippen LogP contribution in [0, 0.1) is 12.3 Å². The van der Waals surface area contributed by atoms with Gasteiger partial charge >= 0.3 is 0 Å². The Balaban J connectivity index is 2.12. The van der Waals surface area contributed by atoms with Crippen LogP contribution in [0.1, 0.15) is 18.4 Å².